The van der Waals surface area contributed by atoms with Crippen LogP contribution in [0.2, 0.25) is 0 Å². The Morgan fingerprint density at radius 1 is 1.72 bits per heavy atom. The van der Waals surface area contributed by atoms with Crippen LogP contribution in [-0.2, 0) is 9.47 Å². The van der Waals surface area contributed by atoms with Gasteiger partial charge in [-0.1, -0.05) is 0 Å². The SMILES string of the molecule is COC1(CNC(=O)c2cc(N)ccn2)CCOC1. The molecule has 0 spiro atoms. The first kappa shape index (κ1) is 12.8. The van der Waals surface area contributed by atoms with Gasteiger partial charge < -0.3 is 20.5 Å². The molecular weight excluding hydrogens is 234 g/mol. The summed E-state index contributed by atoms with van der Waals surface area (Å²) in [6.45, 7) is 1.55. The number of amides is 1. The van der Waals surface area contributed by atoms with E-state index in [1.165, 1.54) is 6.20 Å². The highest BCUT2D eigenvalue weighted by Gasteiger charge is 2.35. The van der Waals surface area contributed by atoms with Crippen LogP contribution in [0.25, 0.3) is 0 Å². The van der Waals surface area contributed by atoms with Crippen molar-refractivity contribution in [3.63, 3.8) is 0 Å². The van der Waals surface area contributed by atoms with Gasteiger partial charge in [0, 0.05) is 38.6 Å². The third kappa shape index (κ3) is 2.77. The zero-order chi connectivity index (χ0) is 13.0. The van der Waals surface area contributed by atoms with Gasteiger partial charge in [-0.2, -0.15) is 0 Å². The van der Waals surface area contributed by atoms with Crippen LogP contribution in [0.1, 0.15) is 16.9 Å². The monoisotopic (exact) mass is 251 g/mol. The predicted octanol–water partition coefficient (Wildman–Crippen LogP) is 0.199. The van der Waals surface area contributed by atoms with Crippen LogP contribution < -0.4 is 11.1 Å². The number of carbonyl (C=O) groups excluding carboxylic acids is 1. The van der Waals surface area contributed by atoms with Crippen LogP contribution in [-0.4, -0.2) is 43.4 Å². The lowest BCUT2D eigenvalue weighted by atomic mass is 10.0. The maximum absolute atomic E-state index is 11.9. The molecule has 1 unspecified atom stereocenters. The van der Waals surface area contributed by atoms with Crippen molar-refractivity contribution in [3.8, 4) is 0 Å². The van der Waals surface area contributed by atoms with Gasteiger partial charge in [-0.15, -0.1) is 0 Å². The van der Waals surface area contributed by atoms with Crippen molar-refractivity contribution in [2.45, 2.75) is 12.0 Å². The topological polar surface area (TPSA) is 86.5 Å². The third-order valence-corrected chi connectivity index (χ3v) is 3.09. The minimum Gasteiger partial charge on any atom is -0.399 e. The van der Waals surface area contributed by atoms with Crippen LogP contribution in [0.3, 0.4) is 0 Å². The number of carbonyl (C=O) groups is 1. The molecule has 1 fully saturated rings. The summed E-state index contributed by atoms with van der Waals surface area (Å²) in [4.78, 5) is 15.9. The number of methoxy groups -OCH3 is 1. The van der Waals surface area contributed by atoms with Gasteiger partial charge in [0.1, 0.15) is 11.3 Å². The second-order valence-electron chi connectivity index (χ2n) is 4.35. The highest BCUT2D eigenvalue weighted by Crippen LogP contribution is 2.21. The summed E-state index contributed by atoms with van der Waals surface area (Å²) in [6, 6.07) is 3.18. The molecule has 2 heterocycles. The zero-order valence-corrected chi connectivity index (χ0v) is 10.3. The molecular formula is C12H17N3O3. The van der Waals surface area contributed by atoms with Gasteiger partial charge in [0.05, 0.1) is 6.61 Å². The van der Waals surface area contributed by atoms with Crippen molar-refractivity contribution in [2.75, 3.05) is 32.6 Å². The average Bonchev–Trinajstić information content (AvgIpc) is 2.85. The lowest BCUT2D eigenvalue weighted by molar-refractivity contribution is -0.0149. The molecule has 0 aliphatic carbocycles. The van der Waals surface area contributed by atoms with E-state index in [0.717, 1.165) is 6.42 Å². The van der Waals surface area contributed by atoms with Crippen LogP contribution in [0, 0.1) is 0 Å². The van der Waals surface area contributed by atoms with Gasteiger partial charge in [0.2, 0.25) is 0 Å². The molecule has 0 saturated carbocycles. The summed E-state index contributed by atoms with van der Waals surface area (Å²) in [5.41, 5.74) is 6.00. The Balaban J connectivity index is 1.96. The fourth-order valence-electron chi connectivity index (χ4n) is 1.86. The molecule has 6 heteroatoms. The van der Waals surface area contributed by atoms with Crippen molar-refractivity contribution >= 4 is 11.6 Å². The first-order valence-electron chi connectivity index (χ1n) is 5.78. The molecule has 1 aliphatic rings. The Morgan fingerprint density at radius 2 is 2.56 bits per heavy atom. The number of hydrogen-bond acceptors (Lipinski definition) is 5. The summed E-state index contributed by atoms with van der Waals surface area (Å²) in [7, 11) is 1.62. The van der Waals surface area contributed by atoms with Gasteiger partial charge in [-0.05, 0) is 12.1 Å². The first-order valence-corrected chi connectivity index (χ1v) is 5.78. The number of anilines is 1. The molecule has 3 N–H and O–H groups in total. The van der Waals surface area contributed by atoms with E-state index in [0.29, 0.717) is 31.1 Å². The van der Waals surface area contributed by atoms with E-state index in [4.69, 9.17) is 15.2 Å². The Labute approximate surface area is 105 Å². The molecule has 98 valence electrons. The van der Waals surface area contributed by atoms with Gasteiger partial charge >= 0.3 is 0 Å². The molecule has 2 rings (SSSR count). The van der Waals surface area contributed by atoms with Crippen molar-refractivity contribution in [1.82, 2.24) is 10.3 Å². The van der Waals surface area contributed by atoms with Crippen molar-refractivity contribution < 1.29 is 14.3 Å². The lowest BCUT2D eigenvalue weighted by Gasteiger charge is -2.25. The van der Waals surface area contributed by atoms with Crippen molar-refractivity contribution in [3.05, 3.63) is 24.0 Å². The number of ether oxygens (including phenoxy) is 2. The fraction of sp³-hybridized carbons (Fsp3) is 0.500. The van der Waals surface area contributed by atoms with Crippen molar-refractivity contribution in [1.29, 1.82) is 0 Å². The zero-order valence-electron chi connectivity index (χ0n) is 10.3. The molecule has 1 saturated heterocycles. The van der Waals surface area contributed by atoms with E-state index < -0.39 is 5.60 Å². The number of hydrogen-bond donors (Lipinski definition) is 2. The Morgan fingerprint density at radius 3 is 3.17 bits per heavy atom. The van der Waals surface area contributed by atoms with E-state index in [1.807, 2.05) is 0 Å². The molecule has 1 aromatic heterocycles. The number of nitrogen functional groups attached to an aromatic ring is 1. The summed E-state index contributed by atoms with van der Waals surface area (Å²) >= 11 is 0. The summed E-state index contributed by atoms with van der Waals surface area (Å²) < 4.78 is 10.7. The van der Waals surface area contributed by atoms with E-state index in [2.05, 4.69) is 10.3 Å². The molecule has 0 radical (unpaired) electrons. The number of rotatable bonds is 4. The van der Waals surface area contributed by atoms with Crippen molar-refractivity contribution in [2.24, 2.45) is 0 Å². The van der Waals surface area contributed by atoms with E-state index in [9.17, 15) is 4.79 Å². The molecule has 0 bridgehead atoms. The maximum atomic E-state index is 11.9. The summed E-state index contributed by atoms with van der Waals surface area (Å²) in [6.07, 6.45) is 2.28. The molecule has 1 amide bonds. The Bertz CT molecular complexity index is 430. The minimum absolute atomic E-state index is 0.259. The smallest absolute Gasteiger partial charge is 0.270 e. The molecule has 6 nitrogen and oxygen atoms in total. The number of nitrogens with one attached hydrogen (secondary N) is 1. The summed E-state index contributed by atoms with van der Waals surface area (Å²) in [5.74, 6) is -0.259. The van der Waals surface area contributed by atoms with E-state index in [-0.39, 0.29) is 5.91 Å². The Kier molecular flexibility index (Phi) is 3.78. The van der Waals surface area contributed by atoms with Gasteiger partial charge in [0.25, 0.3) is 5.91 Å². The molecule has 1 aromatic rings. The molecule has 1 atom stereocenters. The number of nitrogens with two attached hydrogens (primary N) is 1. The number of pyridine rings is 1. The van der Waals surface area contributed by atoms with E-state index in [1.54, 1.807) is 19.2 Å². The lowest BCUT2D eigenvalue weighted by Crippen LogP contribution is -2.45. The second-order valence-corrected chi connectivity index (χ2v) is 4.35. The highest BCUT2D eigenvalue weighted by atomic mass is 16.5. The molecule has 0 aromatic carbocycles. The van der Waals surface area contributed by atoms with Gasteiger partial charge in [-0.3, -0.25) is 9.78 Å². The van der Waals surface area contributed by atoms with E-state index >= 15 is 0 Å². The predicted molar refractivity (Wildman–Crippen MR) is 66.2 cm³/mol. The average molecular weight is 251 g/mol. The van der Waals surface area contributed by atoms with Crippen LogP contribution in [0.15, 0.2) is 18.3 Å². The van der Waals surface area contributed by atoms with Gasteiger partial charge in [0.15, 0.2) is 0 Å². The third-order valence-electron chi connectivity index (χ3n) is 3.09. The number of nitrogens with zero attached hydrogens (tertiary/aromatic N) is 1. The van der Waals surface area contributed by atoms with Crippen LogP contribution in [0.5, 0.6) is 0 Å². The highest BCUT2D eigenvalue weighted by molar-refractivity contribution is 5.93. The quantitative estimate of drug-likeness (QED) is 0.798. The Hall–Kier alpha value is -1.66. The normalized spacial score (nSPS) is 22.9. The minimum atomic E-state index is -0.421. The fourth-order valence-corrected chi connectivity index (χ4v) is 1.86. The van der Waals surface area contributed by atoms with Crippen LogP contribution in [0.4, 0.5) is 5.69 Å². The van der Waals surface area contributed by atoms with Crippen LogP contribution >= 0.6 is 0 Å². The maximum Gasteiger partial charge on any atom is 0.270 e. The molecule has 1 aliphatic heterocycles. The second kappa shape index (κ2) is 5.32. The summed E-state index contributed by atoms with van der Waals surface area (Å²) in [5, 5.41) is 2.80. The number of aromatic nitrogens is 1. The van der Waals surface area contributed by atoms with Gasteiger partial charge in [-0.25, -0.2) is 0 Å². The molecule has 18 heavy (non-hydrogen) atoms. The first-order chi connectivity index (χ1) is 8.65. The standard InChI is InChI=1S/C12H17N3O3/c1-17-12(3-5-18-8-12)7-15-11(16)10-6-9(13)2-4-14-10/h2,4,6H,3,5,7-8H2,1H3,(H2,13,14)(H,15,16). The largest absolute Gasteiger partial charge is 0.399 e.